The fourth-order valence-electron chi connectivity index (χ4n) is 3.17. The Morgan fingerprint density at radius 3 is 2.65 bits per heavy atom. The van der Waals surface area contributed by atoms with E-state index in [0.29, 0.717) is 31.8 Å². The van der Waals surface area contributed by atoms with E-state index in [1.165, 1.54) is 0 Å². The van der Waals surface area contributed by atoms with Crippen LogP contribution < -0.4 is 5.32 Å². The van der Waals surface area contributed by atoms with Gasteiger partial charge in [0.25, 0.3) is 0 Å². The van der Waals surface area contributed by atoms with Gasteiger partial charge in [-0.2, -0.15) is 0 Å². The Kier molecular flexibility index (Phi) is 4.68. The third kappa shape index (κ3) is 3.72. The molecular formula is C15H25NO4. The lowest BCUT2D eigenvalue weighted by molar-refractivity contribution is -0.182. The Morgan fingerprint density at radius 2 is 2.05 bits per heavy atom. The number of rotatable bonds is 5. The Hall–Kier alpha value is -1.10. The van der Waals surface area contributed by atoms with Crippen molar-refractivity contribution >= 4 is 11.9 Å². The highest BCUT2D eigenvalue weighted by Gasteiger charge is 2.51. The van der Waals surface area contributed by atoms with Crippen molar-refractivity contribution in [2.45, 2.75) is 64.0 Å². The molecule has 0 aromatic carbocycles. The van der Waals surface area contributed by atoms with Gasteiger partial charge in [-0.3, -0.25) is 9.59 Å². The van der Waals surface area contributed by atoms with E-state index in [0.717, 1.165) is 19.3 Å². The molecule has 1 saturated heterocycles. The highest BCUT2D eigenvalue weighted by atomic mass is 16.5. The molecule has 5 heteroatoms. The number of carboxylic acids is 1. The smallest absolute Gasteiger partial charge is 0.306 e. The molecule has 5 nitrogen and oxygen atoms in total. The topological polar surface area (TPSA) is 75.6 Å². The first-order valence-electron chi connectivity index (χ1n) is 7.56. The van der Waals surface area contributed by atoms with Crippen LogP contribution in [-0.4, -0.2) is 35.2 Å². The summed E-state index contributed by atoms with van der Waals surface area (Å²) in [6.07, 6.45) is 4.22. The highest BCUT2D eigenvalue weighted by Crippen LogP contribution is 2.46. The predicted molar refractivity (Wildman–Crippen MR) is 74.3 cm³/mol. The van der Waals surface area contributed by atoms with E-state index in [9.17, 15) is 9.59 Å². The molecule has 1 saturated carbocycles. The summed E-state index contributed by atoms with van der Waals surface area (Å²) in [5, 5.41) is 12.0. The zero-order valence-corrected chi connectivity index (χ0v) is 12.4. The molecular weight excluding hydrogens is 258 g/mol. The molecule has 0 radical (unpaired) electrons. The largest absolute Gasteiger partial charge is 0.481 e. The van der Waals surface area contributed by atoms with E-state index in [2.05, 4.69) is 19.2 Å². The normalized spacial score (nSPS) is 33.0. The molecule has 0 aromatic heterocycles. The molecule has 1 aliphatic carbocycles. The minimum atomic E-state index is -0.734. The van der Waals surface area contributed by atoms with Crippen LogP contribution in [0.3, 0.4) is 0 Å². The first-order chi connectivity index (χ1) is 9.40. The standard InChI is InChI=1S/C15H25NO4/c1-10(2)3-4-13(17)16-12-5-6-20-15(9-12)7-11(8-15)14(18)19/h10-12H,3-9H2,1-2H3,(H,16,17)(H,18,19). The number of carboxylic acid groups (broad SMARTS) is 1. The number of hydrogen-bond acceptors (Lipinski definition) is 3. The van der Waals surface area contributed by atoms with Crippen molar-refractivity contribution in [2.75, 3.05) is 6.61 Å². The van der Waals surface area contributed by atoms with Crippen molar-refractivity contribution in [3.8, 4) is 0 Å². The molecule has 1 amide bonds. The maximum atomic E-state index is 11.9. The van der Waals surface area contributed by atoms with Gasteiger partial charge in [0.05, 0.1) is 11.5 Å². The first-order valence-corrected chi connectivity index (χ1v) is 7.56. The molecule has 1 unspecified atom stereocenters. The van der Waals surface area contributed by atoms with Crippen LogP contribution in [0.15, 0.2) is 0 Å². The van der Waals surface area contributed by atoms with Crippen LogP contribution >= 0.6 is 0 Å². The zero-order chi connectivity index (χ0) is 14.8. The minimum Gasteiger partial charge on any atom is -0.481 e. The average molecular weight is 283 g/mol. The molecule has 1 spiro atoms. The molecule has 1 aliphatic heterocycles. The summed E-state index contributed by atoms with van der Waals surface area (Å²) in [6.45, 7) is 4.83. The van der Waals surface area contributed by atoms with Crippen molar-refractivity contribution in [1.82, 2.24) is 5.32 Å². The summed E-state index contributed by atoms with van der Waals surface area (Å²) in [6, 6.07) is 0.137. The Bertz CT molecular complexity index is 374. The molecule has 0 bridgehead atoms. The fraction of sp³-hybridized carbons (Fsp3) is 0.867. The van der Waals surface area contributed by atoms with E-state index in [4.69, 9.17) is 9.84 Å². The SMILES string of the molecule is CC(C)CCC(=O)NC1CCOC2(C1)CC(C(=O)O)C2. The third-order valence-corrected chi connectivity index (χ3v) is 4.39. The summed E-state index contributed by atoms with van der Waals surface area (Å²) in [5.41, 5.74) is -0.294. The Balaban J connectivity index is 1.77. The van der Waals surface area contributed by atoms with Gasteiger partial charge in [0.15, 0.2) is 0 Å². The molecule has 1 heterocycles. The van der Waals surface area contributed by atoms with Gasteiger partial charge in [0.1, 0.15) is 0 Å². The molecule has 20 heavy (non-hydrogen) atoms. The van der Waals surface area contributed by atoms with Crippen molar-refractivity contribution < 1.29 is 19.4 Å². The molecule has 1 atom stereocenters. The molecule has 2 rings (SSSR count). The van der Waals surface area contributed by atoms with Gasteiger partial charge in [-0.05, 0) is 38.0 Å². The molecule has 114 valence electrons. The van der Waals surface area contributed by atoms with Gasteiger partial charge in [-0.15, -0.1) is 0 Å². The second-order valence-corrected chi connectivity index (χ2v) is 6.66. The van der Waals surface area contributed by atoms with E-state index >= 15 is 0 Å². The molecule has 2 fully saturated rings. The lowest BCUT2D eigenvalue weighted by atomic mass is 9.66. The molecule has 2 aliphatic rings. The molecule has 2 N–H and O–H groups in total. The lowest BCUT2D eigenvalue weighted by Gasteiger charge is -2.50. The number of aliphatic carboxylic acids is 1. The average Bonchev–Trinajstić information content (AvgIpc) is 2.33. The number of nitrogens with one attached hydrogen (secondary N) is 1. The van der Waals surface area contributed by atoms with E-state index in [1.54, 1.807) is 0 Å². The van der Waals surface area contributed by atoms with Crippen LogP contribution in [0.25, 0.3) is 0 Å². The second-order valence-electron chi connectivity index (χ2n) is 6.66. The van der Waals surface area contributed by atoms with Crippen LogP contribution in [0.1, 0.15) is 52.4 Å². The van der Waals surface area contributed by atoms with Gasteiger partial charge in [0.2, 0.25) is 5.91 Å². The van der Waals surface area contributed by atoms with Crippen molar-refractivity contribution in [1.29, 1.82) is 0 Å². The highest BCUT2D eigenvalue weighted by molar-refractivity contribution is 5.76. The quantitative estimate of drug-likeness (QED) is 0.808. The van der Waals surface area contributed by atoms with E-state index in [-0.39, 0.29) is 23.5 Å². The summed E-state index contributed by atoms with van der Waals surface area (Å²) < 4.78 is 5.78. The second kappa shape index (κ2) is 6.12. The van der Waals surface area contributed by atoms with E-state index in [1.807, 2.05) is 0 Å². The summed E-state index contributed by atoms with van der Waals surface area (Å²) in [5.74, 6) is -0.368. The maximum absolute atomic E-state index is 11.9. The number of ether oxygens (including phenoxy) is 1. The van der Waals surface area contributed by atoms with Gasteiger partial charge >= 0.3 is 5.97 Å². The number of amides is 1. The van der Waals surface area contributed by atoms with Gasteiger partial charge in [-0.1, -0.05) is 13.8 Å². The summed E-state index contributed by atoms with van der Waals surface area (Å²) >= 11 is 0. The van der Waals surface area contributed by atoms with Crippen molar-refractivity contribution in [3.05, 3.63) is 0 Å². The predicted octanol–water partition coefficient (Wildman–Crippen LogP) is 1.95. The number of hydrogen-bond donors (Lipinski definition) is 2. The number of carbonyl (C=O) groups excluding carboxylic acids is 1. The van der Waals surface area contributed by atoms with E-state index < -0.39 is 5.97 Å². The Morgan fingerprint density at radius 1 is 1.35 bits per heavy atom. The lowest BCUT2D eigenvalue weighted by Crippen LogP contribution is -2.56. The Labute approximate surface area is 120 Å². The summed E-state index contributed by atoms with van der Waals surface area (Å²) in [4.78, 5) is 22.8. The van der Waals surface area contributed by atoms with Crippen molar-refractivity contribution in [2.24, 2.45) is 11.8 Å². The van der Waals surface area contributed by atoms with Crippen LogP contribution in [0, 0.1) is 11.8 Å². The van der Waals surface area contributed by atoms with Crippen molar-refractivity contribution in [3.63, 3.8) is 0 Å². The summed E-state index contributed by atoms with van der Waals surface area (Å²) in [7, 11) is 0. The third-order valence-electron chi connectivity index (χ3n) is 4.39. The number of carbonyl (C=O) groups is 2. The van der Waals surface area contributed by atoms with Gasteiger partial charge < -0.3 is 15.2 Å². The monoisotopic (exact) mass is 283 g/mol. The molecule has 0 aromatic rings. The van der Waals surface area contributed by atoms with Crippen LogP contribution in [0.4, 0.5) is 0 Å². The van der Waals surface area contributed by atoms with Crippen LogP contribution in [0.5, 0.6) is 0 Å². The van der Waals surface area contributed by atoms with Gasteiger partial charge in [-0.25, -0.2) is 0 Å². The van der Waals surface area contributed by atoms with Crippen LogP contribution in [-0.2, 0) is 14.3 Å². The first kappa shape index (κ1) is 15.3. The minimum absolute atomic E-state index is 0.106. The van der Waals surface area contributed by atoms with Gasteiger partial charge in [0, 0.05) is 19.1 Å². The van der Waals surface area contributed by atoms with Crippen LogP contribution in [0.2, 0.25) is 0 Å². The zero-order valence-electron chi connectivity index (χ0n) is 12.4. The fourth-order valence-corrected chi connectivity index (χ4v) is 3.17. The maximum Gasteiger partial charge on any atom is 0.306 e.